The van der Waals surface area contributed by atoms with Crippen LogP contribution in [0.4, 0.5) is 8.78 Å². The molecule has 166 valence electrons. The van der Waals surface area contributed by atoms with Crippen molar-refractivity contribution < 1.29 is 13.5 Å². The summed E-state index contributed by atoms with van der Waals surface area (Å²) in [6, 6.07) is 5.13. The van der Waals surface area contributed by atoms with Crippen LogP contribution in [0.1, 0.15) is 42.3 Å². The molecule has 8 heteroatoms. The smallest absolute Gasteiger partial charge is 0.179 e. The van der Waals surface area contributed by atoms with Crippen LogP contribution in [-0.4, -0.2) is 31.3 Å². The monoisotopic (exact) mass is 437 g/mol. The van der Waals surface area contributed by atoms with Crippen LogP contribution in [0.5, 0.6) is 0 Å². The highest BCUT2D eigenvalue weighted by Gasteiger charge is 2.17. The molecule has 1 fully saturated rings. The van der Waals surface area contributed by atoms with E-state index >= 15 is 0 Å². The number of aryl methyl sites for hydroxylation is 3. The van der Waals surface area contributed by atoms with Crippen molar-refractivity contribution in [2.24, 2.45) is 7.05 Å². The van der Waals surface area contributed by atoms with E-state index in [-0.39, 0.29) is 5.56 Å². The lowest BCUT2D eigenvalue weighted by Gasteiger charge is -2.21. The van der Waals surface area contributed by atoms with Crippen molar-refractivity contribution in [3.05, 3.63) is 71.4 Å². The van der Waals surface area contributed by atoms with Crippen molar-refractivity contribution in [1.82, 2.24) is 24.7 Å². The van der Waals surface area contributed by atoms with Gasteiger partial charge >= 0.3 is 0 Å². The topological polar surface area (TPSA) is 65.7 Å². The number of aromatic nitrogens is 5. The number of benzene rings is 1. The summed E-state index contributed by atoms with van der Waals surface area (Å²) in [7, 11) is 1.94. The number of ether oxygens (including phenoxy) is 1. The molecule has 0 N–H and O–H groups in total. The van der Waals surface area contributed by atoms with E-state index < -0.39 is 11.6 Å². The Morgan fingerprint density at radius 3 is 2.53 bits per heavy atom. The van der Waals surface area contributed by atoms with Gasteiger partial charge in [0.05, 0.1) is 23.7 Å². The lowest BCUT2D eigenvalue weighted by molar-refractivity contribution is 0.0149. The molecule has 4 aromatic rings. The molecule has 1 atom stereocenters. The van der Waals surface area contributed by atoms with Gasteiger partial charge in [-0.2, -0.15) is 5.10 Å². The summed E-state index contributed by atoms with van der Waals surface area (Å²) >= 11 is 0. The van der Waals surface area contributed by atoms with E-state index in [0.717, 1.165) is 30.5 Å². The fourth-order valence-electron chi connectivity index (χ4n) is 3.66. The van der Waals surface area contributed by atoms with Gasteiger partial charge in [-0.3, -0.25) is 4.68 Å². The highest BCUT2D eigenvalue weighted by Crippen LogP contribution is 2.29. The maximum Gasteiger partial charge on any atom is 0.179 e. The van der Waals surface area contributed by atoms with E-state index in [1.54, 1.807) is 12.3 Å². The molecule has 1 aliphatic heterocycles. The quantitative estimate of drug-likeness (QED) is 0.429. The first-order chi connectivity index (χ1) is 15.4. The normalized spacial score (nSPS) is 16.0. The Hall–Kier alpha value is -3.26. The highest BCUT2D eigenvalue weighted by molar-refractivity contribution is 5.89. The first-order valence-electron chi connectivity index (χ1n) is 10.6. The van der Waals surface area contributed by atoms with E-state index in [1.807, 2.05) is 38.0 Å². The molecule has 1 aliphatic rings. The predicted molar refractivity (Wildman–Crippen MR) is 118 cm³/mol. The molecule has 0 spiro atoms. The number of fused-ring (bicyclic) bond motifs is 1. The standard InChI is InChI=1S/C15H11F2N3.C9H14N2O/c1-8-9(2)20-15-14(19-8)12(5-6-18-15)11-4-3-10(16)7-13(11)17;1-11-7-8(6-10-11)9-4-2-3-5-12-9/h3-7H,1-2H3;6-7,9H,2-5H2,1H3. The maximum atomic E-state index is 13.9. The third-order valence-corrected chi connectivity index (χ3v) is 5.48. The van der Waals surface area contributed by atoms with Crippen molar-refractivity contribution >= 4 is 11.2 Å². The second-order valence-corrected chi connectivity index (χ2v) is 7.85. The lowest BCUT2D eigenvalue weighted by atomic mass is 10.0. The van der Waals surface area contributed by atoms with Gasteiger partial charge in [0.1, 0.15) is 17.2 Å². The van der Waals surface area contributed by atoms with Gasteiger partial charge in [0.2, 0.25) is 0 Å². The molecule has 32 heavy (non-hydrogen) atoms. The second-order valence-electron chi connectivity index (χ2n) is 7.85. The SMILES string of the molecule is Cc1nc2nccc(-c3ccc(F)cc3F)c2nc1C.Cn1cc(C2CCCCO2)cn1. The summed E-state index contributed by atoms with van der Waals surface area (Å²) in [5, 5.41) is 4.13. The molecular formula is C24H25F2N5O. The van der Waals surface area contributed by atoms with Crippen LogP contribution in [0.25, 0.3) is 22.3 Å². The van der Waals surface area contributed by atoms with Crippen LogP contribution in [-0.2, 0) is 11.8 Å². The van der Waals surface area contributed by atoms with Gasteiger partial charge < -0.3 is 4.74 Å². The van der Waals surface area contributed by atoms with Gasteiger partial charge in [-0.25, -0.2) is 23.7 Å². The van der Waals surface area contributed by atoms with E-state index in [0.29, 0.717) is 22.8 Å². The van der Waals surface area contributed by atoms with E-state index in [2.05, 4.69) is 20.1 Å². The van der Waals surface area contributed by atoms with Gasteiger partial charge in [-0.1, -0.05) is 0 Å². The van der Waals surface area contributed by atoms with Gasteiger partial charge in [0, 0.05) is 48.8 Å². The van der Waals surface area contributed by atoms with Crippen LogP contribution in [0.15, 0.2) is 42.9 Å². The van der Waals surface area contributed by atoms with Gasteiger partial charge in [0.15, 0.2) is 5.65 Å². The van der Waals surface area contributed by atoms with Crippen molar-refractivity contribution in [3.63, 3.8) is 0 Å². The summed E-state index contributed by atoms with van der Waals surface area (Å²) in [5.74, 6) is -1.24. The third-order valence-electron chi connectivity index (χ3n) is 5.48. The van der Waals surface area contributed by atoms with Gasteiger partial charge in [-0.15, -0.1) is 0 Å². The Morgan fingerprint density at radius 2 is 1.84 bits per heavy atom. The Morgan fingerprint density at radius 1 is 1.03 bits per heavy atom. The lowest BCUT2D eigenvalue weighted by Crippen LogP contribution is -2.10. The molecule has 1 unspecified atom stereocenters. The van der Waals surface area contributed by atoms with Crippen LogP contribution in [0.2, 0.25) is 0 Å². The number of hydrogen-bond donors (Lipinski definition) is 0. The van der Waals surface area contributed by atoms with Crippen LogP contribution in [0.3, 0.4) is 0 Å². The zero-order chi connectivity index (χ0) is 22.7. The first-order valence-corrected chi connectivity index (χ1v) is 10.6. The number of pyridine rings is 1. The van der Waals surface area contributed by atoms with E-state index in [4.69, 9.17) is 4.74 Å². The fourth-order valence-corrected chi connectivity index (χ4v) is 3.66. The number of rotatable bonds is 2. The minimum atomic E-state index is -0.627. The van der Waals surface area contributed by atoms with Crippen molar-refractivity contribution in [1.29, 1.82) is 0 Å². The highest BCUT2D eigenvalue weighted by atomic mass is 19.1. The molecule has 3 aromatic heterocycles. The van der Waals surface area contributed by atoms with Crippen molar-refractivity contribution in [3.8, 4) is 11.1 Å². The van der Waals surface area contributed by atoms with Gasteiger partial charge in [0.25, 0.3) is 0 Å². The predicted octanol–water partition coefficient (Wildman–Crippen LogP) is 5.25. The van der Waals surface area contributed by atoms with Crippen LogP contribution >= 0.6 is 0 Å². The Kier molecular flexibility index (Phi) is 6.50. The number of hydrogen-bond acceptors (Lipinski definition) is 5. The summed E-state index contributed by atoms with van der Waals surface area (Å²) < 4.78 is 34.4. The molecule has 0 bridgehead atoms. The van der Waals surface area contributed by atoms with Crippen molar-refractivity contribution in [2.75, 3.05) is 6.61 Å². The van der Waals surface area contributed by atoms with Crippen LogP contribution in [0, 0.1) is 25.5 Å². The molecule has 0 radical (unpaired) electrons. The molecule has 4 heterocycles. The van der Waals surface area contributed by atoms with E-state index in [1.165, 1.54) is 30.5 Å². The molecule has 6 nitrogen and oxygen atoms in total. The summed E-state index contributed by atoms with van der Waals surface area (Å²) in [6.45, 7) is 4.58. The zero-order valence-corrected chi connectivity index (χ0v) is 18.3. The first kappa shape index (κ1) is 22.0. The molecule has 1 saturated heterocycles. The largest absolute Gasteiger partial charge is 0.373 e. The summed E-state index contributed by atoms with van der Waals surface area (Å²) in [6.07, 6.45) is 9.41. The Balaban J connectivity index is 0.000000174. The second kappa shape index (κ2) is 9.48. The van der Waals surface area contributed by atoms with Crippen LogP contribution < -0.4 is 0 Å². The average Bonchev–Trinajstić information content (AvgIpc) is 3.22. The maximum absolute atomic E-state index is 13.9. The third kappa shape index (κ3) is 4.80. The molecule has 0 saturated carbocycles. The number of halogens is 2. The Bertz CT molecular complexity index is 1230. The van der Waals surface area contributed by atoms with Gasteiger partial charge in [-0.05, 0) is 51.3 Å². The summed E-state index contributed by atoms with van der Waals surface area (Å²) in [5.41, 5.74) is 4.57. The minimum Gasteiger partial charge on any atom is -0.373 e. The fraction of sp³-hybridized carbons (Fsp3) is 0.333. The molecular weight excluding hydrogens is 412 g/mol. The van der Waals surface area contributed by atoms with Crippen molar-refractivity contribution in [2.45, 2.75) is 39.2 Å². The molecule has 1 aromatic carbocycles. The molecule has 5 rings (SSSR count). The van der Waals surface area contributed by atoms with E-state index in [9.17, 15) is 8.78 Å². The molecule has 0 amide bonds. The number of nitrogens with zero attached hydrogens (tertiary/aromatic N) is 5. The average molecular weight is 437 g/mol. The Labute approximate surface area is 185 Å². The minimum absolute atomic E-state index is 0.288. The molecule has 0 aliphatic carbocycles. The zero-order valence-electron chi connectivity index (χ0n) is 18.3. The summed E-state index contributed by atoms with van der Waals surface area (Å²) in [4.78, 5) is 12.9.